The first-order valence-corrected chi connectivity index (χ1v) is 6.46. The van der Waals surface area contributed by atoms with Crippen molar-refractivity contribution in [3.63, 3.8) is 0 Å². The Balaban J connectivity index is 2.52. The second-order valence-corrected chi connectivity index (χ2v) is 4.49. The van der Waals surface area contributed by atoms with Crippen LogP contribution in [0.2, 0.25) is 0 Å². The maximum absolute atomic E-state index is 13.3. The number of rotatable bonds is 8. The lowest BCUT2D eigenvalue weighted by Gasteiger charge is -2.27. The summed E-state index contributed by atoms with van der Waals surface area (Å²) in [5.41, 5.74) is -1.01. The van der Waals surface area contributed by atoms with E-state index in [1.165, 1.54) is 12.1 Å². The first-order chi connectivity index (χ1) is 9.46. The zero-order chi connectivity index (χ0) is 15.2. The van der Waals surface area contributed by atoms with E-state index >= 15 is 0 Å². The standard InChI is InChI=1S/C14H19F2NO3/c1-3-14(17-2,13(18)19)8-5-9-20-11-7-4-6-10(15)12(11)16/h4,6-7,17H,3,5,8-9H2,1-2H3,(H,18,19). The summed E-state index contributed by atoms with van der Waals surface area (Å²) in [5.74, 6) is -3.08. The molecule has 0 aliphatic carbocycles. The number of carboxylic acids is 1. The summed E-state index contributed by atoms with van der Waals surface area (Å²) in [7, 11) is 1.59. The lowest BCUT2D eigenvalue weighted by atomic mass is 9.91. The molecule has 112 valence electrons. The minimum Gasteiger partial charge on any atom is -0.490 e. The number of ether oxygens (including phenoxy) is 1. The Labute approximate surface area is 116 Å². The summed E-state index contributed by atoms with van der Waals surface area (Å²) in [4.78, 5) is 11.2. The molecule has 20 heavy (non-hydrogen) atoms. The molecule has 0 aliphatic rings. The van der Waals surface area contributed by atoms with Crippen LogP contribution < -0.4 is 10.1 Å². The van der Waals surface area contributed by atoms with E-state index in [1.54, 1.807) is 14.0 Å². The number of hydrogen-bond donors (Lipinski definition) is 2. The molecule has 0 aliphatic heterocycles. The van der Waals surface area contributed by atoms with E-state index in [0.29, 0.717) is 19.3 Å². The number of halogens is 2. The van der Waals surface area contributed by atoms with Gasteiger partial charge < -0.3 is 15.2 Å². The van der Waals surface area contributed by atoms with Gasteiger partial charge in [-0.05, 0) is 38.4 Å². The lowest BCUT2D eigenvalue weighted by molar-refractivity contribution is -0.145. The molecule has 0 fully saturated rings. The van der Waals surface area contributed by atoms with Crippen LogP contribution >= 0.6 is 0 Å². The Kier molecular flexibility index (Phi) is 5.88. The van der Waals surface area contributed by atoms with Gasteiger partial charge in [0.1, 0.15) is 5.54 Å². The monoisotopic (exact) mass is 287 g/mol. The zero-order valence-corrected chi connectivity index (χ0v) is 11.6. The van der Waals surface area contributed by atoms with Crippen molar-refractivity contribution >= 4 is 5.97 Å². The molecule has 0 saturated heterocycles. The fourth-order valence-electron chi connectivity index (χ4n) is 2.00. The molecular weight excluding hydrogens is 268 g/mol. The fraction of sp³-hybridized carbons (Fsp3) is 0.500. The topological polar surface area (TPSA) is 58.6 Å². The van der Waals surface area contributed by atoms with E-state index < -0.39 is 23.1 Å². The van der Waals surface area contributed by atoms with Crippen LogP contribution in [-0.4, -0.2) is 30.3 Å². The van der Waals surface area contributed by atoms with Crippen molar-refractivity contribution in [3.05, 3.63) is 29.8 Å². The third-order valence-electron chi connectivity index (χ3n) is 3.41. The molecule has 0 radical (unpaired) electrons. The minimum absolute atomic E-state index is 0.122. The summed E-state index contributed by atoms with van der Waals surface area (Å²) in [6.07, 6.45) is 1.18. The maximum Gasteiger partial charge on any atom is 0.323 e. The molecule has 1 atom stereocenters. The third kappa shape index (κ3) is 3.66. The third-order valence-corrected chi connectivity index (χ3v) is 3.41. The van der Waals surface area contributed by atoms with Crippen LogP contribution in [0.3, 0.4) is 0 Å². The van der Waals surface area contributed by atoms with Gasteiger partial charge in [-0.1, -0.05) is 13.0 Å². The van der Waals surface area contributed by atoms with Gasteiger partial charge >= 0.3 is 5.97 Å². The zero-order valence-electron chi connectivity index (χ0n) is 11.6. The molecule has 1 aromatic carbocycles. The number of carbonyl (C=O) groups is 1. The number of aliphatic carboxylic acids is 1. The molecule has 4 nitrogen and oxygen atoms in total. The summed E-state index contributed by atoms with van der Waals surface area (Å²) < 4.78 is 31.4. The van der Waals surface area contributed by atoms with Crippen LogP contribution in [0.4, 0.5) is 8.78 Å². The first-order valence-electron chi connectivity index (χ1n) is 6.46. The molecule has 0 heterocycles. The van der Waals surface area contributed by atoms with Gasteiger partial charge in [0.25, 0.3) is 0 Å². The predicted octanol–water partition coefficient (Wildman–Crippen LogP) is 2.58. The quantitative estimate of drug-likeness (QED) is 0.722. The summed E-state index contributed by atoms with van der Waals surface area (Å²) in [6, 6.07) is 3.70. The van der Waals surface area contributed by atoms with Crippen molar-refractivity contribution in [2.24, 2.45) is 0 Å². The highest BCUT2D eigenvalue weighted by molar-refractivity contribution is 5.78. The summed E-state index contributed by atoms with van der Waals surface area (Å²) in [5, 5.41) is 12.0. The molecule has 2 N–H and O–H groups in total. The van der Waals surface area contributed by atoms with Crippen molar-refractivity contribution in [2.45, 2.75) is 31.7 Å². The van der Waals surface area contributed by atoms with E-state index in [4.69, 9.17) is 4.74 Å². The van der Waals surface area contributed by atoms with Crippen LogP contribution in [0.5, 0.6) is 5.75 Å². The van der Waals surface area contributed by atoms with E-state index in [1.807, 2.05) is 0 Å². The van der Waals surface area contributed by atoms with Gasteiger partial charge in [0.2, 0.25) is 5.82 Å². The van der Waals surface area contributed by atoms with E-state index in [0.717, 1.165) is 6.07 Å². The SMILES string of the molecule is CCC(CCCOc1cccc(F)c1F)(NC)C(=O)O. The number of nitrogens with one attached hydrogen (secondary N) is 1. The van der Waals surface area contributed by atoms with Crippen LogP contribution in [-0.2, 0) is 4.79 Å². The van der Waals surface area contributed by atoms with E-state index in [9.17, 15) is 18.7 Å². The predicted molar refractivity (Wildman–Crippen MR) is 70.8 cm³/mol. The molecular formula is C14H19F2NO3. The second-order valence-electron chi connectivity index (χ2n) is 4.49. The smallest absolute Gasteiger partial charge is 0.323 e. The van der Waals surface area contributed by atoms with Crippen LogP contribution in [0.1, 0.15) is 26.2 Å². The molecule has 1 rings (SSSR count). The highest BCUT2D eigenvalue weighted by atomic mass is 19.2. The van der Waals surface area contributed by atoms with Gasteiger partial charge in [-0.2, -0.15) is 4.39 Å². The fourth-order valence-corrected chi connectivity index (χ4v) is 2.00. The molecule has 0 spiro atoms. The lowest BCUT2D eigenvalue weighted by Crippen LogP contribution is -2.50. The molecule has 0 aromatic heterocycles. The number of benzene rings is 1. The van der Waals surface area contributed by atoms with Crippen LogP contribution in [0, 0.1) is 11.6 Å². The number of carboxylic acid groups (broad SMARTS) is 1. The van der Waals surface area contributed by atoms with Crippen LogP contribution in [0.15, 0.2) is 18.2 Å². The normalized spacial score (nSPS) is 13.8. The van der Waals surface area contributed by atoms with Gasteiger partial charge in [0.05, 0.1) is 6.61 Å². The minimum atomic E-state index is -1.03. The highest BCUT2D eigenvalue weighted by Gasteiger charge is 2.34. The Bertz CT molecular complexity index is 462. The summed E-state index contributed by atoms with van der Waals surface area (Å²) >= 11 is 0. The Morgan fingerprint density at radius 3 is 2.70 bits per heavy atom. The van der Waals surface area contributed by atoms with Crippen molar-refractivity contribution in [1.29, 1.82) is 0 Å². The van der Waals surface area contributed by atoms with Crippen molar-refractivity contribution in [1.82, 2.24) is 5.32 Å². The Morgan fingerprint density at radius 1 is 1.45 bits per heavy atom. The van der Waals surface area contributed by atoms with Gasteiger partial charge in [-0.15, -0.1) is 0 Å². The number of likely N-dealkylation sites (N-methyl/N-ethyl adjacent to an activating group) is 1. The van der Waals surface area contributed by atoms with Crippen molar-refractivity contribution < 1.29 is 23.4 Å². The van der Waals surface area contributed by atoms with Crippen molar-refractivity contribution in [3.8, 4) is 5.75 Å². The average Bonchev–Trinajstić information content (AvgIpc) is 2.43. The van der Waals surface area contributed by atoms with Gasteiger partial charge in [-0.3, -0.25) is 4.79 Å². The Morgan fingerprint density at radius 2 is 2.15 bits per heavy atom. The Hall–Kier alpha value is -1.69. The first kappa shape index (κ1) is 16.4. The molecule has 0 bridgehead atoms. The molecule has 0 amide bonds. The van der Waals surface area contributed by atoms with Crippen LogP contribution in [0.25, 0.3) is 0 Å². The van der Waals surface area contributed by atoms with Gasteiger partial charge in [0.15, 0.2) is 11.6 Å². The van der Waals surface area contributed by atoms with Crippen molar-refractivity contribution in [2.75, 3.05) is 13.7 Å². The van der Waals surface area contributed by atoms with Gasteiger partial charge in [0, 0.05) is 0 Å². The van der Waals surface area contributed by atoms with E-state index in [-0.39, 0.29) is 12.4 Å². The molecule has 1 unspecified atom stereocenters. The van der Waals surface area contributed by atoms with E-state index in [2.05, 4.69) is 5.32 Å². The summed E-state index contributed by atoms with van der Waals surface area (Å²) in [6.45, 7) is 1.90. The number of hydrogen-bond acceptors (Lipinski definition) is 3. The second kappa shape index (κ2) is 7.19. The average molecular weight is 287 g/mol. The molecule has 1 aromatic rings. The molecule has 6 heteroatoms. The maximum atomic E-state index is 13.3. The molecule has 0 saturated carbocycles. The highest BCUT2D eigenvalue weighted by Crippen LogP contribution is 2.21. The van der Waals surface area contributed by atoms with Gasteiger partial charge in [-0.25, -0.2) is 4.39 Å². The largest absolute Gasteiger partial charge is 0.490 e.